The van der Waals surface area contributed by atoms with Gasteiger partial charge in [-0.3, -0.25) is 4.79 Å². The molecule has 2 heterocycles. The fraction of sp³-hybridized carbons (Fsp3) is 0.308. The molecule has 3 rings (SSSR count). The van der Waals surface area contributed by atoms with Crippen molar-refractivity contribution in [3.8, 4) is 0 Å². The van der Waals surface area contributed by atoms with Gasteiger partial charge in [-0.25, -0.2) is 8.42 Å². The van der Waals surface area contributed by atoms with Crippen LogP contribution in [-0.2, 0) is 9.84 Å². The van der Waals surface area contributed by atoms with E-state index in [4.69, 9.17) is 4.42 Å². The van der Waals surface area contributed by atoms with Gasteiger partial charge >= 0.3 is 0 Å². The summed E-state index contributed by atoms with van der Waals surface area (Å²) in [7, 11) is -2.99. The molecule has 19 heavy (non-hydrogen) atoms. The Hall–Kier alpha value is -1.82. The smallest absolute Gasteiger partial charge is 0.287 e. The van der Waals surface area contributed by atoms with Crippen molar-refractivity contribution in [3.05, 3.63) is 36.1 Å². The first-order chi connectivity index (χ1) is 9.03. The molecule has 1 saturated heterocycles. The Morgan fingerprint density at radius 2 is 2.11 bits per heavy atom. The zero-order valence-electron chi connectivity index (χ0n) is 10.1. The van der Waals surface area contributed by atoms with Crippen LogP contribution in [0.25, 0.3) is 11.0 Å². The van der Waals surface area contributed by atoms with Crippen LogP contribution in [0.1, 0.15) is 17.0 Å². The van der Waals surface area contributed by atoms with E-state index in [0.717, 1.165) is 5.39 Å². The molecule has 0 radical (unpaired) electrons. The standard InChI is InChI=1S/C13H13NO4S/c15-13(14-10-5-6-19(16,17)8-10)12-7-9-3-1-2-4-11(9)18-12/h1-4,7,10H,5-6,8H2,(H,14,15)/t10-/m0/s1. The van der Waals surface area contributed by atoms with Crippen LogP contribution in [0.15, 0.2) is 34.7 Å². The molecule has 0 saturated carbocycles. The number of benzene rings is 1. The zero-order valence-corrected chi connectivity index (χ0v) is 10.9. The van der Waals surface area contributed by atoms with E-state index in [1.165, 1.54) is 0 Å². The summed E-state index contributed by atoms with van der Waals surface area (Å²) in [5.74, 6) is 0.000585. The maximum absolute atomic E-state index is 12.0. The minimum atomic E-state index is -2.99. The number of furan rings is 1. The summed E-state index contributed by atoms with van der Waals surface area (Å²) in [5, 5.41) is 3.55. The zero-order chi connectivity index (χ0) is 13.5. The van der Waals surface area contributed by atoms with Crippen molar-refractivity contribution in [2.45, 2.75) is 12.5 Å². The Morgan fingerprint density at radius 1 is 1.32 bits per heavy atom. The molecule has 2 aromatic rings. The number of rotatable bonds is 2. The minimum absolute atomic E-state index is 0.0129. The number of fused-ring (bicyclic) bond motifs is 1. The van der Waals surface area contributed by atoms with E-state index in [-0.39, 0.29) is 29.2 Å². The van der Waals surface area contributed by atoms with Crippen LogP contribution < -0.4 is 5.32 Å². The summed E-state index contributed by atoms with van der Waals surface area (Å²) in [6.07, 6.45) is 0.467. The maximum atomic E-state index is 12.0. The molecular formula is C13H13NO4S. The molecular weight excluding hydrogens is 266 g/mol. The van der Waals surface area contributed by atoms with Crippen LogP contribution in [0.3, 0.4) is 0 Å². The molecule has 1 atom stereocenters. The highest BCUT2D eigenvalue weighted by atomic mass is 32.2. The molecule has 1 aromatic carbocycles. The van der Waals surface area contributed by atoms with Crippen molar-refractivity contribution in [1.29, 1.82) is 0 Å². The predicted molar refractivity (Wildman–Crippen MR) is 70.7 cm³/mol. The molecule has 1 N–H and O–H groups in total. The van der Waals surface area contributed by atoms with Crippen molar-refractivity contribution < 1.29 is 17.6 Å². The molecule has 1 aliphatic rings. The van der Waals surface area contributed by atoms with Gasteiger partial charge in [-0.2, -0.15) is 0 Å². The van der Waals surface area contributed by atoms with Gasteiger partial charge in [0.25, 0.3) is 5.91 Å². The van der Waals surface area contributed by atoms with Gasteiger partial charge in [-0.05, 0) is 18.6 Å². The van der Waals surface area contributed by atoms with Gasteiger partial charge in [0.2, 0.25) is 0 Å². The number of nitrogens with one attached hydrogen (secondary N) is 1. The third kappa shape index (κ3) is 2.49. The monoisotopic (exact) mass is 279 g/mol. The van der Waals surface area contributed by atoms with Crippen molar-refractivity contribution >= 4 is 26.7 Å². The van der Waals surface area contributed by atoms with E-state index in [0.29, 0.717) is 12.0 Å². The Kier molecular flexibility index (Phi) is 2.82. The van der Waals surface area contributed by atoms with Gasteiger partial charge < -0.3 is 9.73 Å². The molecule has 0 bridgehead atoms. The van der Waals surface area contributed by atoms with Crippen LogP contribution in [0.2, 0.25) is 0 Å². The third-order valence-electron chi connectivity index (χ3n) is 3.22. The largest absolute Gasteiger partial charge is 0.451 e. The highest BCUT2D eigenvalue weighted by Crippen LogP contribution is 2.19. The van der Waals surface area contributed by atoms with Crippen LogP contribution in [0.5, 0.6) is 0 Å². The minimum Gasteiger partial charge on any atom is -0.451 e. The Balaban J connectivity index is 1.77. The Morgan fingerprint density at radius 3 is 2.79 bits per heavy atom. The fourth-order valence-electron chi connectivity index (χ4n) is 2.26. The number of hydrogen-bond acceptors (Lipinski definition) is 4. The van der Waals surface area contributed by atoms with Gasteiger partial charge in [0.15, 0.2) is 15.6 Å². The lowest BCUT2D eigenvalue weighted by molar-refractivity contribution is 0.0915. The lowest BCUT2D eigenvalue weighted by Crippen LogP contribution is -2.35. The summed E-state index contributed by atoms with van der Waals surface area (Å²) in [5.41, 5.74) is 0.645. The first-order valence-corrected chi connectivity index (χ1v) is 7.85. The molecule has 100 valence electrons. The predicted octanol–water partition coefficient (Wildman–Crippen LogP) is 1.35. The van der Waals surface area contributed by atoms with Crippen molar-refractivity contribution in [2.75, 3.05) is 11.5 Å². The second kappa shape index (κ2) is 4.38. The lowest BCUT2D eigenvalue weighted by atomic mass is 10.2. The normalized spacial score (nSPS) is 21.6. The van der Waals surface area contributed by atoms with E-state index in [1.54, 1.807) is 12.1 Å². The second-order valence-electron chi connectivity index (χ2n) is 4.72. The number of hydrogen-bond donors (Lipinski definition) is 1. The van der Waals surface area contributed by atoms with Gasteiger partial charge in [-0.15, -0.1) is 0 Å². The van der Waals surface area contributed by atoms with Gasteiger partial charge in [0.05, 0.1) is 11.5 Å². The van der Waals surface area contributed by atoms with Crippen molar-refractivity contribution in [1.82, 2.24) is 5.32 Å². The highest BCUT2D eigenvalue weighted by molar-refractivity contribution is 7.91. The Labute approximate surface area is 110 Å². The molecule has 1 aromatic heterocycles. The average Bonchev–Trinajstić information content (AvgIpc) is 2.92. The van der Waals surface area contributed by atoms with Crippen LogP contribution in [0.4, 0.5) is 0 Å². The van der Waals surface area contributed by atoms with Gasteiger partial charge in [-0.1, -0.05) is 18.2 Å². The van der Waals surface area contributed by atoms with Gasteiger partial charge in [0, 0.05) is 11.4 Å². The highest BCUT2D eigenvalue weighted by Gasteiger charge is 2.29. The summed E-state index contributed by atoms with van der Waals surface area (Å²) in [4.78, 5) is 12.0. The van der Waals surface area contributed by atoms with E-state index >= 15 is 0 Å². The molecule has 6 heteroatoms. The summed E-state index contributed by atoms with van der Waals surface area (Å²) in [6, 6.07) is 8.68. The number of carbonyl (C=O) groups is 1. The van der Waals surface area contributed by atoms with Crippen LogP contribution in [0, 0.1) is 0 Å². The number of amides is 1. The molecule has 5 nitrogen and oxygen atoms in total. The molecule has 1 fully saturated rings. The molecule has 1 aliphatic heterocycles. The molecule has 1 amide bonds. The molecule has 0 unspecified atom stereocenters. The van der Waals surface area contributed by atoms with E-state index in [2.05, 4.69) is 5.32 Å². The summed E-state index contributed by atoms with van der Waals surface area (Å²) in [6.45, 7) is 0. The van der Waals surface area contributed by atoms with Crippen molar-refractivity contribution in [2.24, 2.45) is 0 Å². The molecule has 0 spiro atoms. The second-order valence-corrected chi connectivity index (χ2v) is 6.95. The third-order valence-corrected chi connectivity index (χ3v) is 4.98. The van der Waals surface area contributed by atoms with Crippen LogP contribution in [-0.4, -0.2) is 31.9 Å². The Bertz CT molecular complexity index is 699. The number of carbonyl (C=O) groups excluding carboxylic acids is 1. The maximum Gasteiger partial charge on any atom is 0.287 e. The lowest BCUT2D eigenvalue weighted by Gasteiger charge is -2.08. The first-order valence-electron chi connectivity index (χ1n) is 6.03. The topological polar surface area (TPSA) is 76.4 Å². The van der Waals surface area contributed by atoms with E-state index in [9.17, 15) is 13.2 Å². The summed E-state index contributed by atoms with van der Waals surface area (Å²) < 4.78 is 28.1. The first kappa shape index (κ1) is 12.2. The molecule has 0 aliphatic carbocycles. The average molecular weight is 279 g/mol. The SMILES string of the molecule is O=C(N[C@H]1CCS(=O)(=O)C1)c1cc2ccccc2o1. The summed E-state index contributed by atoms with van der Waals surface area (Å²) >= 11 is 0. The quantitative estimate of drug-likeness (QED) is 0.900. The number of sulfone groups is 1. The van der Waals surface area contributed by atoms with E-state index < -0.39 is 9.84 Å². The number of para-hydroxylation sites is 1. The van der Waals surface area contributed by atoms with Crippen LogP contribution >= 0.6 is 0 Å². The van der Waals surface area contributed by atoms with Gasteiger partial charge in [0.1, 0.15) is 5.58 Å². The van der Waals surface area contributed by atoms with E-state index in [1.807, 2.05) is 18.2 Å². The van der Waals surface area contributed by atoms with Crippen molar-refractivity contribution in [3.63, 3.8) is 0 Å². The fourth-order valence-corrected chi connectivity index (χ4v) is 3.93.